The molecular formula is C10H12ClN. The van der Waals surface area contributed by atoms with Crippen molar-refractivity contribution in [3.63, 3.8) is 0 Å². The van der Waals surface area contributed by atoms with E-state index in [0.717, 1.165) is 11.6 Å². The molecular weight excluding hydrogens is 170 g/mol. The first-order valence-electron chi connectivity index (χ1n) is 3.89. The molecule has 0 atom stereocenters. The number of benzene rings is 1. The van der Waals surface area contributed by atoms with Crippen LogP contribution in [-0.4, -0.2) is 13.6 Å². The maximum absolute atomic E-state index is 5.74. The van der Waals surface area contributed by atoms with Crippen molar-refractivity contribution in [3.8, 4) is 0 Å². The maximum atomic E-state index is 5.74. The lowest BCUT2D eigenvalue weighted by Gasteiger charge is -1.93. The molecule has 0 spiro atoms. The van der Waals surface area contributed by atoms with E-state index in [0.29, 0.717) is 0 Å². The van der Waals surface area contributed by atoms with Crippen molar-refractivity contribution in [2.24, 2.45) is 0 Å². The second-order valence-corrected chi connectivity index (χ2v) is 2.95. The van der Waals surface area contributed by atoms with Crippen LogP contribution in [0.5, 0.6) is 0 Å². The Balaban J connectivity index is 2.58. The lowest BCUT2D eigenvalue weighted by atomic mass is 10.2. The van der Waals surface area contributed by atoms with Gasteiger partial charge in [0.2, 0.25) is 0 Å². The maximum Gasteiger partial charge on any atom is 0.0406 e. The summed E-state index contributed by atoms with van der Waals surface area (Å²) in [6, 6.07) is 7.77. The highest BCUT2D eigenvalue weighted by Gasteiger charge is 1.86. The molecule has 1 N–H and O–H groups in total. The molecule has 0 saturated heterocycles. The molecule has 0 aromatic heterocycles. The van der Waals surface area contributed by atoms with E-state index in [1.165, 1.54) is 5.56 Å². The van der Waals surface area contributed by atoms with E-state index < -0.39 is 0 Å². The van der Waals surface area contributed by atoms with Gasteiger partial charge in [0, 0.05) is 11.6 Å². The average molecular weight is 182 g/mol. The Kier molecular flexibility index (Phi) is 3.85. The first kappa shape index (κ1) is 9.30. The number of hydrogen-bond donors (Lipinski definition) is 1. The van der Waals surface area contributed by atoms with Gasteiger partial charge in [0.1, 0.15) is 0 Å². The van der Waals surface area contributed by atoms with E-state index in [1.54, 1.807) is 0 Å². The van der Waals surface area contributed by atoms with Crippen LogP contribution in [0.15, 0.2) is 30.3 Å². The largest absolute Gasteiger partial charge is 0.316 e. The van der Waals surface area contributed by atoms with Crippen LogP contribution in [0.3, 0.4) is 0 Å². The molecule has 1 nitrogen and oxygen atoms in total. The Bertz CT molecular complexity index is 251. The predicted octanol–water partition coefficient (Wildman–Crippen LogP) is 2.57. The van der Waals surface area contributed by atoms with E-state index in [2.05, 4.69) is 17.5 Å². The number of likely N-dealkylation sites (N-methyl/N-ethyl adjacent to an activating group) is 1. The van der Waals surface area contributed by atoms with E-state index in [-0.39, 0.29) is 0 Å². The standard InChI is InChI=1S/C10H12ClN/c1-12-8-2-3-9-4-6-10(11)7-5-9/h2-7,12H,8H2,1H3. The molecule has 1 aromatic rings. The first-order chi connectivity index (χ1) is 5.83. The minimum Gasteiger partial charge on any atom is -0.316 e. The topological polar surface area (TPSA) is 12.0 Å². The van der Waals surface area contributed by atoms with Crippen LogP contribution >= 0.6 is 11.6 Å². The third-order valence-electron chi connectivity index (χ3n) is 1.50. The highest BCUT2D eigenvalue weighted by molar-refractivity contribution is 6.30. The van der Waals surface area contributed by atoms with Gasteiger partial charge in [-0.05, 0) is 24.7 Å². The van der Waals surface area contributed by atoms with Gasteiger partial charge in [0.05, 0.1) is 0 Å². The molecule has 0 saturated carbocycles. The van der Waals surface area contributed by atoms with Crippen molar-refractivity contribution in [2.45, 2.75) is 0 Å². The molecule has 0 amide bonds. The minimum atomic E-state index is 0.778. The smallest absolute Gasteiger partial charge is 0.0406 e. The Labute approximate surface area is 78.1 Å². The molecule has 2 heteroatoms. The summed E-state index contributed by atoms with van der Waals surface area (Å²) in [7, 11) is 1.92. The summed E-state index contributed by atoms with van der Waals surface area (Å²) in [4.78, 5) is 0. The SMILES string of the molecule is CNCC=Cc1ccc(Cl)cc1. The summed E-state index contributed by atoms with van der Waals surface area (Å²) in [6.07, 6.45) is 4.13. The fraction of sp³-hybridized carbons (Fsp3) is 0.200. The second-order valence-electron chi connectivity index (χ2n) is 2.51. The molecule has 1 rings (SSSR count). The molecule has 12 heavy (non-hydrogen) atoms. The average Bonchev–Trinajstić information content (AvgIpc) is 2.09. The molecule has 0 bridgehead atoms. The number of halogens is 1. The van der Waals surface area contributed by atoms with Crippen molar-refractivity contribution in [3.05, 3.63) is 40.9 Å². The van der Waals surface area contributed by atoms with Crippen LogP contribution in [0.25, 0.3) is 6.08 Å². The van der Waals surface area contributed by atoms with Crippen LogP contribution in [0.2, 0.25) is 5.02 Å². The Hall–Kier alpha value is -0.790. The molecule has 0 radical (unpaired) electrons. The summed E-state index contributed by atoms with van der Waals surface area (Å²) in [5.74, 6) is 0. The third kappa shape index (κ3) is 3.07. The summed E-state index contributed by atoms with van der Waals surface area (Å²) >= 11 is 5.74. The lowest BCUT2D eigenvalue weighted by molar-refractivity contribution is 0.922. The Morgan fingerprint density at radius 1 is 1.33 bits per heavy atom. The van der Waals surface area contributed by atoms with Gasteiger partial charge >= 0.3 is 0 Å². The minimum absolute atomic E-state index is 0.778. The van der Waals surface area contributed by atoms with E-state index >= 15 is 0 Å². The van der Waals surface area contributed by atoms with E-state index in [4.69, 9.17) is 11.6 Å². The van der Waals surface area contributed by atoms with Gasteiger partial charge in [0.15, 0.2) is 0 Å². The highest BCUT2D eigenvalue weighted by Crippen LogP contribution is 2.10. The van der Waals surface area contributed by atoms with Gasteiger partial charge in [-0.2, -0.15) is 0 Å². The number of hydrogen-bond acceptors (Lipinski definition) is 1. The number of nitrogens with one attached hydrogen (secondary N) is 1. The molecule has 0 fully saturated rings. The monoisotopic (exact) mass is 181 g/mol. The second kappa shape index (κ2) is 4.96. The van der Waals surface area contributed by atoms with Gasteiger partial charge in [0.25, 0.3) is 0 Å². The molecule has 0 aliphatic carbocycles. The van der Waals surface area contributed by atoms with E-state index in [9.17, 15) is 0 Å². The van der Waals surface area contributed by atoms with Crippen molar-refractivity contribution < 1.29 is 0 Å². The zero-order valence-electron chi connectivity index (χ0n) is 7.05. The van der Waals surface area contributed by atoms with E-state index in [1.807, 2.05) is 31.3 Å². The molecule has 64 valence electrons. The summed E-state index contributed by atoms with van der Waals surface area (Å²) in [5.41, 5.74) is 1.18. The van der Waals surface area contributed by atoms with Gasteiger partial charge in [-0.3, -0.25) is 0 Å². The summed E-state index contributed by atoms with van der Waals surface area (Å²) in [5, 5.41) is 3.81. The first-order valence-corrected chi connectivity index (χ1v) is 4.27. The fourth-order valence-electron chi connectivity index (χ4n) is 0.887. The highest BCUT2D eigenvalue weighted by atomic mass is 35.5. The van der Waals surface area contributed by atoms with Crippen molar-refractivity contribution in [2.75, 3.05) is 13.6 Å². The van der Waals surface area contributed by atoms with Gasteiger partial charge < -0.3 is 5.32 Å². The van der Waals surface area contributed by atoms with Crippen molar-refractivity contribution >= 4 is 17.7 Å². The summed E-state index contributed by atoms with van der Waals surface area (Å²) < 4.78 is 0. The normalized spacial score (nSPS) is 10.8. The molecule has 1 aromatic carbocycles. The van der Waals surface area contributed by atoms with Crippen molar-refractivity contribution in [1.82, 2.24) is 5.32 Å². The van der Waals surface area contributed by atoms with Crippen molar-refractivity contribution in [1.29, 1.82) is 0 Å². The van der Waals surface area contributed by atoms with Gasteiger partial charge in [-0.15, -0.1) is 0 Å². The zero-order chi connectivity index (χ0) is 8.81. The number of rotatable bonds is 3. The van der Waals surface area contributed by atoms with Crippen LogP contribution in [0.1, 0.15) is 5.56 Å². The van der Waals surface area contributed by atoms with Gasteiger partial charge in [-0.1, -0.05) is 35.9 Å². The van der Waals surface area contributed by atoms with Crippen LogP contribution in [0, 0.1) is 0 Å². The third-order valence-corrected chi connectivity index (χ3v) is 1.75. The Morgan fingerprint density at radius 3 is 2.58 bits per heavy atom. The summed E-state index contributed by atoms with van der Waals surface area (Å²) in [6.45, 7) is 0.891. The molecule has 0 aliphatic heterocycles. The molecule has 0 unspecified atom stereocenters. The fourth-order valence-corrected chi connectivity index (χ4v) is 1.01. The lowest BCUT2D eigenvalue weighted by Crippen LogP contribution is -2.03. The Morgan fingerprint density at radius 2 is 2.00 bits per heavy atom. The predicted molar refractivity (Wildman–Crippen MR) is 54.4 cm³/mol. The zero-order valence-corrected chi connectivity index (χ0v) is 7.81. The van der Waals surface area contributed by atoms with Crippen LogP contribution in [0.4, 0.5) is 0 Å². The van der Waals surface area contributed by atoms with Crippen LogP contribution in [-0.2, 0) is 0 Å². The molecule has 0 heterocycles. The van der Waals surface area contributed by atoms with Gasteiger partial charge in [-0.25, -0.2) is 0 Å². The molecule has 0 aliphatic rings. The quantitative estimate of drug-likeness (QED) is 0.756. The van der Waals surface area contributed by atoms with Crippen LogP contribution < -0.4 is 5.32 Å².